The average Bonchev–Trinajstić information content (AvgIpc) is 2.86. The first kappa shape index (κ1) is 13.5. The van der Waals surface area contributed by atoms with Crippen molar-refractivity contribution < 1.29 is 17.7 Å². The molecule has 0 bridgehead atoms. The van der Waals surface area contributed by atoms with E-state index in [-0.39, 0.29) is 5.82 Å². The molecule has 2 aromatic rings. The van der Waals surface area contributed by atoms with E-state index in [1.807, 2.05) is 6.92 Å². The molecule has 1 atom stereocenters. The molecule has 1 unspecified atom stereocenters. The molecular formula is C12H12F3N3O. The van der Waals surface area contributed by atoms with Crippen LogP contribution in [-0.2, 0) is 12.6 Å². The molecule has 0 aliphatic heterocycles. The zero-order valence-electron chi connectivity index (χ0n) is 10.1. The van der Waals surface area contributed by atoms with Gasteiger partial charge in [0.1, 0.15) is 0 Å². The fourth-order valence-electron chi connectivity index (χ4n) is 1.57. The van der Waals surface area contributed by atoms with Gasteiger partial charge in [-0.05, 0) is 17.7 Å². The number of alkyl halides is 3. The van der Waals surface area contributed by atoms with Crippen molar-refractivity contribution in [3.8, 4) is 0 Å². The van der Waals surface area contributed by atoms with Gasteiger partial charge in [0, 0.05) is 6.42 Å². The monoisotopic (exact) mass is 271 g/mol. The Morgan fingerprint density at radius 1 is 1.26 bits per heavy atom. The van der Waals surface area contributed by atoms with Crippen molar-refractivity contribution in [3.05, 3.63) is 47.1 Å². The van der Waals surface area contributed by atoms with Gasteiger partial charge >= 0.3 is 6.18 Å². The number of benzene rings is 1. The highest BCUT2D eigenvalue weighted by atomic mass is 19.4. The largest absolute Gasteiger partial charge is 0.416 e. The van der Waals surface area contributed by atoms with Gasteiger partial charge in [0.15, 0.2) is 5.82 Å². The molecule has 7 heteroatoms. The van der Waals surface area contributed by atoms with Gasteiger partial charge in [-0.15, -0.1) is 0 Å². The molecule has 0 aliphatic rings. The van der Waals surface area contributed by atoms with Crippen LogP contribution in [0.1, 0.15) is 35.8 Å². The number of aryl methyl sites for hydroxylation is 1. The van der Waals surface area contributed by atoms with E-state index in [2.05, 4.69) is 10.1 Å². The molecule has 19 heavy (non-hydrogen) atoms. The zero-order chi connectivity index (χ0) is 14.0. The number of hydrogen-bond donors (Lipinski definition) is 1. The molecule has 0 saturated carbocycles. The van der Waals surface area contributed by atoms with Crippen molar-refractivity contribution in [1.82, 2.24) is 10.1 Å². The summed E-state index contributed by atoms with van der Waals surface area (Å²) in [5.41, 5.74) is 5.66. The molecule has 0 spiro atoms. The number of rotatable bonds is 3. The maximum atomic E-state index is 12.4. The third-order valence-electron chi connectivity index (χ3n) is 2.66. The number of nitrogens with zero attached hydrogens (tertiary/aromatic N) is 2. The topological polar surface area (TPSA) is 64.9 Å². The minimum absolute atomic E-state index is 0.261. The lowest BCUT2D eigenvalue weighted by atomic mass is 10.0. The number of halogens is 3. The first-order chi connectivity index (χ1) is 8.91. The highest BCUT2D eigenvalue weighted by Crippen LogP contribution is 2.30. The van der Waals surface area contributed by atoms with Crippen molar-refractivity contribution in [3.63, 3.8) is 0 Å². The normalized spacial score (nSPS) is 13.5. The van der Waals surface area contributed by atoms with Gasteiger partial charge in [0.25, 0.3) is 0 Å². The minimum atomic E-state index is -4.36. The fourth-order valence-corrected chi connectivity index (χ4v) is 1.57. The molecule has 0 radical (unpaired) electrons. The highest BCUT2D eigenvalue weighted by Gasteiger charge is 2.30. The van der Waals surface area contributed by atoms with E-state index in [9.17, 15) is 13.2 Å². The summed E-state index contributed by atoms with van der Waals surface area (Å²) in [5.74, 6) is 0.703. The van der Waals surface area contributed by atoms with Crippen LogP contribution >= 0.6 is 0 Å². The lowest BCUT2D eigenvalue weighted by Gasteiger charge is -2.10. The van der Waals surface area contributed by atoms with Gasteiger partial charge in [-0.1, -0.05) is 24.2 Å². The molecule has 1 heterocycles. The van der Waals surface area contributed by atoms with Crippen LogP contribution in [0.15, 0.2) is 28.8 Å². The number of hydrogen-bond acceptors (Lipinski definition) is 4. The Bertz CT molecular complexity index is 548. The van der Waals surface area contributed by atoms with Gasteiger partial charge in [-0.3, -0.25) is 0 Å². The molecule has 2 rings (SSSR count). The van der Waals surface area contributed by atoms with Crippen LogP contribution in [0.2, 0.25) is 0 Å². The molecule has 0 amide bonds. The van der Waals surface area contributed by atoms with E-state index in [0.717, 1.165) is 12.1 Å². The molecule has 102 valence electrons. The summed E-state index contributed by atoms with van der Waals surface area (Å²) in [6.07, 6.45) is -3.78. The predicted octanol–water partition coefficient (Wildman–Crippen LogP) is 2.70. The average molecular weight is 271 g/mol. The molecule has 0 aliphatic carbocycles. The lowest BCUT2D eigenvalue weighted by molar-refractivity contribution is -0.137. The Labute approximate surface area is 107 Å². The Morgan fingerprint density at radius 2 is 1.89 bits per heavy atom. The van der Waals surface area contributed by atoms with Gasteiger partial charge in [-0.2, -0.15) is 18.2 Å². The van der Waals surface area contributed by atoms with Gasteiger partial charge < -0.3 is 10.3 Å². The van der Waals surface area contributed by atoms with E-state index in [1.165, 1.54) is 12.1 Å². The standard InChI is InChI=1S/C12H12F3N3O/c1-2-9-17-11(18-19-9)10(16)7-3-5-8(6-4-7)12(13,14)15/h3-6,10H,2,16H2,1H3. The summed E-state index contributed by atoms with van der Waals surface area (Å²) in [5, 5.41) is 3.70. The Kier molecular flexibility index (Phi) is 3.57. The van der Waals surface area contributed by atoms with Crippen LogP contribution in [-0.4, -0.2) is 10.1 Å². The second kappa shape index (κ2) is 5.00. The SMILES string of the molecule is CCc1nc(C(N)c2ccc(C(F)(F)F)cc2)no1. The van der Waals surface area contributed by atoms with Crippen LogP contribution in [0.4, 0.5) is 13.2 Å². The molecule has 2 N–H and O–H groups in total. The number of nitrogens with two attached hydrogens (primary N) is 1. The first-order valence-electron chi connectivity index (χ1n) is 5.67. The van der Waals surface area contributed by atoms with Crippen LogP contribution in [0.5, 0.6) is 0 Å². The quantitative estimate of drug-likeness (QED) is 0.932. The molecule has 1 aromatic carbocycles. The molecule has 0 saturated heterocycles. The summed E-state index contributed by atoms with van der Waals surface area (Å²) in [7, 11) is 0. The maximum Gasteiger partial charge on any atom is 0.416 e. The van der Waals surface area contributed by atoms with E-state index in [1.54, 1.807) is 0 Å². The van der Waals surface area contributed by atoms with Crippen LogP contribution in [0.25, 0.3) is 0 Å². The summed E-state index contributed by atoms with van der Waals surface area (Å²) in [6.45, 7) is 1.85. The van der Waals surface area contributed by atoms with E-state index >= 15 is 0 Å². The van der Waals surface area contributed by atoms with E-state index < -0.39 is 17.8 Å². The fraction of sp³-hybridized carbons (Fsp3) is 0.333. The summed E-state index contributed by atoms with van der Waals surface area (Å²) < 4.78 is 42.2. The van der Waals surface area contributed by atoms with Crippen molar-refractivity contribution in [1.29, 1.82) is 0 Å². The smallest absolute Gasteiger partial charge is 0.339 e. The van der Waals surface area contributed by atoms with E-state index in [0.29, 0.717) is 17.9 Å². The highest BCUT2D eigenvalue weighted by molar-refractivity contribution is 5.29. The second-order valence-electron chi connectivity index (χ2n) is 4.00. The van der Waals surface area contributed by atoms with Crippen molar-refractivity contribution in [2.24, 2.45) is 5.73 Å². The van der Waals surface area contributed by atoms with Gasteiger partial charge in [-0.25, -0.2) is 0 Å². The van der Waals surface area contributed by atoms with Crippen LogP contribution < -0.4 is 5.73 Å². The third kappa shape index (κ3) is 2.93. The third-order valence-corrected chi connectivity index (χ3v) is 2.66. The first-order valence-corrected chi connectivity index (χ1v) is 5.67. The van der Waals surface area contributed by atoms with Crippen molar-refractivity contribution in [2.75, 3.05) is 0 Å². The summed E-state index contributed by atoms with van der Waals surface area (Å²) in [4.78, 5) is 4.05. The van der Waals surface area contributed by atoms with Crippen molar-refractivity contribution in [2.45, 2.75) is 25.6 Å². The lowest BCUT2D eigenvalue weighted by Crippen LogP contribution is -2.14. The summed E-state index contributed by atoms with van der Waals surface area (Å²) >= 11 is 0. The zero-order valence-corrected chi connectivity index (χ0v) is 10.1. The maximum absolute atomic E-state index is 12.4. The molecule has 4 nitrogen and oxygen atoms in total. The molecule has 0 fully saturated rings. The Hall–Kier alpha value is -1.89. The predicted molar refractivity (Wildman–Crippen MR) is 61.2 cm³/mol. The van der Waals surface area contributed by atoms with Crippen LogP contribution in [0, 0.1) is 0 Å². The minimum Gasteiger partial charge on any atom is -0.339 e. The number of aromatic nitrogens is 2. The second-order valence-corrected chi connectivity index (χ2v) is 4.00. The Morgan fingerprint density at radius 3 is 2.37 bits per heavy atom. The van der Waals surface area contributed by atoms with E-state index in [4.69, 9.17) is 10.3 Å². The van der Waals surface area contributed by atoms with Crippen molar-refractivity contribution >= 4 is 0 Å². The summed E-state index contributed by atoms with van der Waals surface area (Å²) in [6, 6.07) is 3.89. The molecule has 1 aromatic heterocycles. The van der Waals surface area contributed by atoms with Gasteiger partial charge in [0.2, 0.25) is 5.89 Å². The Balaban J connectivity index is 2.22. The van der Waals surface area contributed by atoms with Gasteiger partial charge in [0.05, 0.1) is 11.6 Å². The molecular weight excluding hydrogens is 259 g/mol. The van der Waals surface area contributed by atoms with Crippen LogP contribution in [0.3, 0.4) is 0 Å².